The molecule has 2 rings (SSSR count). The van der Waals surface area contributed by atoms with Gasteiger partial charge in [0.25, 0.3) is 0 Å². The van der Waals surface area contributed by atoms with Crippen molar-refractivity contribution >= 4 is 0 Å². The van der Waals surface area contributed by atoms with Crippen molar-refractivity contribution < 1.29 is 5.11 Å². The summed E-state index contributed by atoms with van der Waals surface area (Å²) in [5, 5.41) is 13.2. The van der Waals surface area contributed by atoms with Gasteiger partial charge in [-0.15, -0.1) is 0 Å². The van der Waals surface area contributed by atoms with Crippen molar-refractivity contribution in [1.82, 2.24) is 5.32 Å². The highest BCUT2D eigenvalue weighted by Gasteiger charge is 2.18. The van der Waals surface area contributed by atoms with Gasteiger partial charge in [0.2, 0.25) is 0 Å². The lowest BCUT2D eigenvalue weighted by Gasteiger charge is -2.25. The topological polar surface area (TPSA) is 32.3 Å². The largest absolute Gasteiger partial charge is 0.394 e. The maximum Gasteiger partial charge on any atom is 0.0626 e. The second kappa shape index (κ2) is 7.96. The van der Waals surface area contributed by atoms with E-state index in [0.29, 0.717) is 11.8 Å². The number of rotatable bonds is 7. The molecule has 2 nitrogen and oxygen atoms in total. The molecule has 0 aliphatic carbocycles. The molecular weight excluding hydrogens is 258 g/mol. The standard InChI is InChI=1S/C19H25NO/c1-15(2)18(16-9-5-3-6-10-16)13-20-19(14-21)17-11-7-4-8-12-17/h3-12,15,18-21H,13-14H2,1-2H3/t18?,19-/m1/s1. The third kappa shape index (κ3) is 4.42. The summed E-state index contributed by atoms with van der Waals surface area (Å²) in [4.78, 5) is 0. The molecule has 0 aliphatic rings. The molecule has 2 aromatic carbocycles. The third-order valence-corrected chi connectivity index (χ3v) is 4.00. The Morgan fingerprint density at radius 1 is 0.857 bits per heavy atom. The predicted molar refractivity (Wildman–Crippen MR) is 88.3 cm³/mol. The van der Waals surface area contributed by atoms with Gasteiger partial charge in [-0.2, -0.15) is 0 Å². The highest BCUT2D eigenvalue weighted by molar-refractivity contribution is 5.22. The molecule has 0 heterocycles. The molecule has 0 amide bonds. The van der Waals surface area contributed by atoms with Crippen LogP contribution in [0.3, 0.4) is 0 Å². The van der Waals surface area contributed by atoms with E-state index < -0.39 is 0 Å². The molecule has 0 aliphatic heterocycles. The van der Waals surface area contributed by atoms with Crippen molar-refractivity contribution in [3.63, 3.8) is 0 Å². The van der Waals surface area contributed by atoms with Gasteiger partial charge in [0, 0.05) is 6.54 Å². The van der Waals surface area contributed by atoms with Crippen molar-refractivity contribution in [2.24, 2.45) is 5.92 Å². The van der Waals surface area contributed by atoms with E-state index in [4.69, 9.17) is 0 Å². The second-order valence-corrected chi connectivity index (χ2v) is 5.82. The Hall–Kier alpha value is -1.64. The van der Waals surface area contributed by atoms with Crippen LogP contribution < -0.4 is 5.32 Å². The minimum absolute atomic E-state index is 0.00355. The summed E-state index contributed by atoms with van der Waals surface area (Å²) < 4.78 is 0. The van der Waals surface area contributed by atoms with Gasteiger partial charge in [-0.25, -0.2) is 0 Å². The fourth-order valence-corrected chi connectivity index (χ4v) is 2.68. The van der Waals surface area contributed by atoms with Crippen LogP contribution in [-0.4, -0.2) is 18.3 Å². The SMILES string of the molecule is CC(C)C(CN[C@H](CO)c1ccccc1)c1ccccc1. The van der Waals surface area contributed by atoms with Gasteiger partial charge < -0.3 is 10.4 Å². The smallest absolute Gasteiger partial charge is 0.0626 e. The monoisotopic (exact) mass is 283 g/mol. The minimum Gasteiger partial charge on any atom is -0.394 e. The normalized spacial score (nSPS) is 14.1. The lowest BCUT2D eigenvalue weighted by atomic mass is 9.88. The van der Waals surface area contributed by atoms with Gasteiger partial charge in [-0.05, 0) is 23.0 Å². The van der Waals surface area contributed by atoms with Gasteiger partial charge in [-0.3, -0.25) is 0 Å². The summed E-state index contributed by atoms with van der Waals surface area (Å²) >= 11 is 0. The van der Waals surface area contributed by atoms with Crippen LogP contribution >= 0.6 is 0 Å². The first-order valence-corrected chi connectivity index (χ1v) is 7.66. The lowest BCUT2D eigenvalue weighted by molar-refractivity contribution is 0.239. The van der Waals surface area contributed by atoms with Crippen LogP contribution in [0.15, 0.2) is 60.7 Å². The molecule has 0 bridgehead atoms. The Bertz CT molecular complexity index is 510. The average Bonchev–Trinajstić information content (AvgIpc) is 2.53. The summed E-state index contributed by atoms with van der Waals surface area (Å²) in [5.74, 6) is 0.999. The molecule has 0 radical (unpaired) electrons. The Labute approximate surface area is 127 Å². The van der Waals surface area contributed by atoms with Crippen molar-refractivity contribution in [3.05, 3.63) is 71.8 Å². The summed E-state index contributed by atoms with van der Waals surface area (Å²) in [6.07, 6.45) is 0. The fraction of sp³-hybridized carbons (Fsp3) is 0.368. The van der Waals surface area contributed by atoms with Gasteiger partial charge in [0.05, 0.1) is 12.6 Å². The van der Waals surface area contributed by atoms with E-state index >= 15 is 0 Å². The number of hydrogen-bond donors (Lipinski definition) is 2. The maximum atomic E-state index is 9.64. The molecule has 0 fully saturated rings. The molecule has 1 unspecified atom stereocenters. The molecular formula is C19H25NO. The van der Waals surface area contributed by atoms with Gasteiger partial charge >= 0.3 is 0 Å². The molecule has 2 N–H and O–H groups in total. The summed E-state index contributed by atoms with van der Waals surface area (Å²) in [5.41, 5.74) is 2.49. The van der Waals surface area contributed by atoms with E-state index in [1.165, 1.54) is 5.56 Å². The number of hydrogen-bond acceptors (Lipinski definition) is 2. The quantitative estimate of drug-likeness (QED) is 0.811. The zero-order valence-corrected chi connectivity index (χ0v) is 12.9. The first kappa shape index (κ1) is 15.7. The Morgan fingerprint density at radius 2 is 1.38 bits per heavy atom. The molecule has 112 valence electrons. The van der Waals surface area contributed by atoms with Gasteiger partial charge in [0.15, 0.2) is 0 Å². The molecule has 21 heavy (non-hydrogen) atoms. The number of aliphatic hydroxyl groups excluding tert-OH is 1. The summed E-state index contributed by atoms with van der Waals surface area (Å²) in [6.45, 7) is 5.47. The average molecular weight is 283 g/mol. The van der Waals surface area contributed by atoms with E-state index in [9.17, 15) is 5.11 Å². The molecule has 2 aromatic rings. The van der Waals surface area contributed by atoms with Crippen LogP contribution in [0.4, 0.5) is 0 Å². The number of benzene rings is 2. The van der Waals surface area contributed by atoms with Gasteiger partial charge in [0.1, 0.15) is 0 Å². The summed E-state index contributed by atoms with van der Waals surface area (Å²) in [7, 11) is 0. The van der Waals surface area contributed by atoms with Crippen LogP contribution in [0.1, 0.15) is 36.9 Å². The zero-order chi connectivity index (χ0) is 15.1. The predicted octanol–water partition coefficient (Wildman–Crippen LogP) is 3.75. The van der Waals surface area contributed by atoms with Crippen molar-refractivity contribution in [1.29, 1.82) is 0 Å². The van der Waals surface area contributed by atoms with Crippen LogP contribution in [0.25, 0.3) is 0 Å². The number of aliphatic hydroxyl groups is 1. The molecule has 2 atom stereocenters. The Kier molecular flexibility index (Phi) is 5.97. The highest BCUT2D eigenvalue weighted by atomic mass is 16.3. The number of nitrogens with one attached hydrogen (secondary N) is 1. The highest BCUT2D eigenvalue weighted by Crippen LogP contribution is 2.24. The third-order valence-electron chi connectivity index (χ3n) is 4.00. The maximum absolute atomic E-state index is 9.64. The molecule has 0 aromatic heterocycles. The first-order valence-electron chi connectivity index (χ1n) is 7.66. The van der Waals surface area contributed by atoms with E-state index in [1.807, 2.05) is 18.2 Å². The van der Waals surface area contributed by atoms with Crippen molar-refractivity contribution in [2.45, 2.75) is 25.8 Å². The van der Waals surface area contributed by atoms with Crippen LogP contribution in [0, 0.1) is 5.92 Å². The molecule has 0 saturated carbocycles. The minimum atomic E-state index is -0.00355. The second-order valence-electron chi connectivity index (χ2n) is 5.82. The zero-order valence-electron chi connectivity index (χ0n) is 12.9. The van der Waals surface area contributed by atoms with Crippen LogP contribution in [-0.2, 0) is 0 Å². The molecule has 0 saturated heterocycles. The van der Waals surface area contributed by atoms with Crippen molar-refractivity contribution in [3.8, 4) is 0 Å². The molecule has 2 heteroatoms. The van der Waals surface area contributed by atoms with E-state index in [-0.39, 0.29) is 12.6 Å². The van der Waals surface area contributed by atoms with E-state index in [2.05, 4.69) is 61.6 Å². The summed E-state index contributed by atoms with van der Waals surface area (Å²) in [6, 6.07) is 20.7. The Morgan fingerprint density at radius 3 is 1.86 bits per heavy atom. The van der Waals surface area contributed by atoms with Crippen LogP contribution in [0.5, 0.6) is 0 Å². The van der Waals surface area contributed by atoms with E-state index in [0.717, 1.165) is 12.1 Å². The van der Waals surface area contributed by atoms with Crippen LogP contribution in [0.2, 0.25) is 0 Å². The lowest BCUT2D eigenvalue weighted by Crippen LogP contribution is -2.30. The van der Waals surface area contributed by atoms with Crippen molar-refractivity contribution in [2.75, 3.05) is 13.2 Å². The van der Waals surface area contributed by atoms with Gasteiger partial charge in [-0.1, -0.05) is 74.5 Å². The molecule has 0 spiro atoms. The Balaban J connectivity index is 2.04. The van der Waals surface area contributed by atoms with E-state index in [1.54, 1.807) is 0 Å². The fourth-order valence-electron chi connectivity index (χ4n) is 2.68. The first-order chi connectivity index (χ1) is 10.2.